The van der Waals surface area contributed by atoms with Crippen molar-refractivity contribution < 1.29 is 14.3 Å². The number of aromatic nitrogens is 1. The monoisotopic (exact) mass is 379 g/mol. The minimum absolute atomic E-state index is 0.0765. The molecule has 0 radical (unpaired) electrons. The Morgan fingerprint density at radius 1 is 1.14 bits per heavy atom. The molecule has 4 rings (SSSR count). The van der Waals surface area contributed by atoms with Crippen molar-refractivity contribution in [1.29, 1.82) is 0 Å². The summed E-state index contributed by atoms with van der Waals surface area (Å²) in [6.07, 6.45) is 3.12. The van der Waals surface area contributed by atoms with Gasteiger partial charge in [-0.15, -0.1) is 0 Å². The van der Waals surface area contributed by atoms with Crippen LogP contribution in [0.15, 0.2) is 48.7 Å². The number of nitrogens with zero attached hydrogens (tertiary/aromatic N) is 2. The first-order valence-corrected chi connectivity index (χ1v) is 9.41. The average Bonchev–Trinajstić information content (AvgIpc) is 2.73. The van der Waals surface area contributed by atoms with Crippen LogP contribution in [0.3, 0.4) is 0 Å². The number of halogens is 1. The number of amides is 1. The molecule has 0 spiro atoms. The summed E-state index contributed by atoms with van der Waals surface area (Å²) in [6.45, 7) is 1.41. The molecule has 1 aromatic heterocycles. The predicted octanol–water partition coefficient (Wildman–Crippen LogP) is 3.47. The number of likely N-dealkylation sites (tertiary alicyclic amines) is 1. The topological polar surface area (TPSA) is 79.5 Å². The van der Waals surface area contributed by atoms with Gasteiger partial charge >= 0.3 is 0 Å². The third kappa shape index (κ3) is 3.43. The fourth-order valence-corrected chi connectivity index (χ4v) is 3.77. The number of carbonyl (C=O) groups is 1. The highest BCUT2D eigenvalue weighted by atomic mass is 19.1. The first-order valence-electron chi connectivity index (χ1n) is 9.41. The quantitative estimate of drug-likeness (QED) is 0.730. The molecular formula is C22H22FN3O2. The van der Waals surface area contributed by atoms with E-state index in [1.807, 2.05) is 24.3 Å². The summed E-state index contributed by atoms with van der Waals surface area (Å²) in [6, 6.07) is 11.9. The number of hydrogen-bond donors (Lipinski definition) is 2. The maximum absolute atomic E-state index is 13.6. The molecule has 6 heteroatoms. The third-order valence-corrected chi connectivity index (χ3v) is 5.47. The molecule has 3 aromatic rings. The Hall–Kier alpha value is -2.99. The van der Waals surface area contributed by atoms with Crippen LogP contribution in [0.5, 0.6) is 0 Å². The molecule has 1 aliphatic heterocycles. The minimum Gasteiger partial charge on any atom is -0.396 e. The van der Waals surface area contributed by atoms with E-state index in [0.29, 0.717) is 29.9 Å². The number of pyridine rings is 1. The molecule has 28 heavy (non-hydrogen) atoms. The molecule has 1 fully saturated rings. The van der Waals surface area contributed by atoms with Gasteiger partial charge in [0.15, 0.2) is 0 Å². The number of fused-ring (bicyclic) bond motifs is 1. The van der Waals surface area contributed by atoms with Gasteiger partial charge < -0.3 is 15.7 Å². The van der Waals surface area contributed by atoms with Gasteiger partial charge in [0.25, 0.3) is 5.91 Å². The van der Waals surface area contributed by atoms with E-state index in [4.69, 9.17) is 5.73 Å². The number of piperidine rings is 1. The smallest absolute Gasteiger partial charge is 0.256 e. The van der Waals surface area contributed by atoms with Gasteiger partial charge in [0, 0.05) is 31.3 Å². The first-order chi connectivity index (χ1) is 13.6. The number of carbonyl (C=O) groups excluding carboxylic acids is 1. The zero-order chi connectivity index (χ0) is 19.7. The van der Waals surface area contributed by atoms with Crippen molar-refractivity contribution in [3.8, 4) is 11.1 Å². The lowest BCUT2D eigenvalue weighted by atomic mass is 9.96. The Morgan fingerprint density at radius 3 is 2.61 bits per heavy atom. The first kappa shape index (κ1) is 18.4. The molecule has 0 unspecified atom stereocenters. The summed E-state index contributed by atoms with van der Waals surface area (Å²) in [5.41, 5.74) is 8.14. The molecule has 1 amide bonds. The van der Waals surface area contributed by atoms with Gasteiger partial charge in [-0.05, 0) is 53.5 Å². The molecule has 0 aliphatic carbocycles. The van der Waals surface area contributed by atoms with E-state index in [0.717, 1.165) is 29.4 Å². The molecule has 0 bridgehead atoms. The van der Waals surface area contributed by atoms with Gasteiger partial charge in [-0.2, -0.15) is 0 Å². The molecule has 0 saturated carbocycles. The van der Waals surface area contributed by atoms with Gasteiger partial charge in [0.2, 0.25) is 0 Å². The van der Waals surface area contributed by atoms with Crippen LogP contribution in [0.25, 0.3) is 21.9 Å². The zero-order valence-electron chi connectivity index (χ0n) is 15.4. The lowest BCUT2D eigenvalue weighted by Gasteiger charge is -2.31. The number of aliphatic hydroxyl groups excluding tert-OH is 1. The van der Waals surface area contributed by atoms with Crippen molar-refractivity contribution in [2.24, 2.45) is 5.92 Å². The number of nitrogens with two attached hydrogens (primary N) is 1. The van der Waals surface area contributed by atoms with Crippen molar-refractivity contribution >= 4 is 22.5 Å². The van der Waals surface area contributed by atoms with Crippen molar-refractivity contribution in [3.63, 3.8) is 0 Å². The number of aliphatic hydroxyl groups is 1. The molecule has 2 heterocycles. The summed E-state index contributed by atoms with van der Waals surface area (Å²) in [4.78, 5) is 19.1. The second-order valence-electron chi connectivity index (χ2n) is 7.25. The number of nitrogen functional groups attached to an aromatic ring is 1. The van der Waals surface area contributed by atoms with Crippen molar-refractivity contribution in [3.05, 3.63) is 60.0 Å². The Morgan fingerprint density at radius 2 is 1.89 bits per heavy atom. The number of rotatable bonds is 3. The van der Waals surface area contributed by atoms with Crippen LogP contribution in [0.2, 0.25) is 0 Å². The van der Waals surface area contributed by atoms with Crippen LogP contribution in [0.4, 0.5) is 10.2 Å². The Bertz CT molecular complexity index is 1030. The standard InChI is InChI=1S/C22H22FN3O2/c23-17-3-1-2-15(10-17)16-4-5-18-19(11-16)21(24)25-12-20(18)22(28)26-8-6-14(13-27)7-9-26/h1-5,10-12,14,27H,6-9,13H2,(H2,24,25). The van der Waals surface area contributed by atoms with Gasteiger partial charge in [-0.3, -0.25) is 4.79 Å². The number of anilines is 1. The third-order valence-electron chi connectivity index (χ3n) is 5.47. The minimum atomic E-state index is -0.307. The summed E-state index contributed by atoms with van der Waals surface area (Å²) in [5.74, 6) is 0.217. The average molecular weight is 379 g/mol. The predicted molar refractivity (Wildman–Crippen MR) is 107 cm³/mol. The van der Waals surface area contributed by atoms with Crippen LogP contribution in [-0.4, -0.2) is 40.6 Å². The van der Waals surface area contributed by atoms with Gasteiger partial charge in [-0.25, -0.2) is 9.37 Å². The highest BCUT2D eigenvalue weighted by Gasteiger charge is 2.25. The largest absolute Gasteiger partial charge is 0.396 e. The van der Waals surface area contributed by atoms with E-state index in [-0.39, 0.29) is 24.2 Å². The van der Waals surface area contributed by atoms with Gasteiger partial charge in [0.05, 0.1) is 5.56 Å². The SMILES string of the molecule is Nc1ncc(C(=O)N2CCC(CO)CC2)c2ccc(-c3cccc(F)c3)cc12. The van der Waals surface area contributed by atoms with E-state index >= 15 is 0 Å². The summed E-state index contributed by atoms with van der Waals surface area (Å²) in [5, 5.41) is 10.7. The molecular weight excluding hydrogens is 357 g/mol. The van der Waals surface area contributed by atoms with E-state index in [2.05, 4.69) is 4.98 Å². The second-order valence-corrected chi connectivity index (χ2v) is 7.25. The van der Waals surface area contributed by atoms with E-state index in [1.54, 1.807) is 11.0 Å². The fraction of sp³-hybridized carbons (Fsp3) is 0.273. The maximum atomic E-state index is 13.6. The molecule has 2 aromatic carbocycles. The van der Waals surface area contributed by atoms with Gasteiger partial charge in [-0.1, -0.05) is 24.3 Å². The molecule has 144 valence electrons. The second kappa shape index (κ2) is 7.56. The lowest BCUT2D eigenvalue weighted by Crippen LogP contribution is -2.39. The number of hydrogen-bond acceptors (Lipinski definition) is 4. The molecule has 1 saturated heterocycles. The van der Waals surface area contributed by atoms with Crippen LogP contribution < -0.4 is 5.73 Å². The van der Waals surface area contributed by atoms with Crippen molar-refractivity contribution in [2.45, 2.75) is 12.8 Å². The molecule has 1 aliphatic rings. The summed E-state index contributed by atoms with van der Waals surface area (Å²) >= 11 is 0. The fourth-order valence-electron chi connectivity index (χ4n) is 3.77. The van der Waals surface area contributed by atoms with E-state index in [9.17, 15) is 14.3 Å². The van der Waals surface area contributed by atoms with Crippen LogP contribution in [0.1, 0.15) is 23.2 Å². The van der Waals surface area contributed by atoms with Gasteiger partial charge in [0.1, 0.15) is 11.6 Å². The Balaban J connectivity index is 1.71. The maximum Gasteiger partial charge on any atom is 0.256 e. The van der Waals surface area contributed by atoms with Crippen molar-refractivity contribution in [1.82, 2.24) is 9.88 Å². The molecule has 0 atom stereocenters. The summed E-state index contributed by atoms with van der Waals surface area (Å²) < 4.78 is 13.6. The zero-order valence-corrected chi connectivity index (χ0v) is 15.4. The molecule has 5 nitrogen and oxygen atoms in total. The van der Waals surface area contributed by atoms with Crippen LogP contribution in [0, 0.1) is 11.7 Å². The Kier molecular flexibility index (Phi) is 4.96. The van der Waals surface area contributed by atoms with E-state index in [1.165, 1.54) is 18.3 Å². The van der Waals surface area contributed by atoms with Crippen LogP contribution >= 0.6 is 0 Å². The normalized spacial score (nSPS) is 15.1. The van der Waals surface area contributed by atoms with E-state index < -0.39 is 0 Å². The molecule has 3 N–H and O–H groups in total. The van der Waals surface area contributed by atoms with Crippen molar-refractivity contribution in [2.75, 3.05) is 25.4 Å². The highest BCUT2D eigenvalue weighted by molar-refractivity contribution is 6.09. The van der Waals surface area contributed by atoms with Crippen LogP contribution in [-0.2, 0) is 0 Å². The Labute approximate surface area is 162 Å². The number of benzene rings is 2. The highest BCUT2D eigenvalue weighted by Crippen LogP contribution is 2.30. The lowest BCUT2D eigenvalue weighted by molar-refractivity contribution is 0.0652. The summed E-state index contributed by atoms with van der Waals surface area (Å²) in [7, 11) is 0.